The zero-order valence-corrected chi connectivity index (χ0v) is 11.2. The van der Waals surface area contributed by atoms with Gasteiger partial charge in [0.05, 0.1) is 10.6 Å². The summed E-state index contributed by atoms with van der Waals surface area (Å²) in [7, 11) is 1.70. The largest absolute Gasteiger partial charge is 0.475 e. The van der Waals surface area contributed by atoms with Gasteiger partial charge in [0.25, 0.3) is 0 Å². The van der Waals surface area contributed by atoms with Crippen LogP contribution in [-0.4, -0.2) is 13.4 Å². The first kappa shape index (κ1) is 12.1. The molecule has 0 radical (unpaired) electrons. The van der Waals surface area contributed by atoms with Gasteiger partial charge in [-0.2, -0.15) is 0 Å². The summed E-state index contributed by atoms with van der Waals surface area (Å²) < 4.78 is 27.8. The smallest absolute Gasteiger partial charge is 0.236 e. The van der Waals surface area contributed by atoms with Gasteiger partial charge in [-0.3, -0.25) is 0 Å². The zero-order valence-electron chi connectivity index (χ0n) is 8.86. The molecule has 1 aromatic carbocycles. The lowest BCUT2D eigenvalue weighted by Gasteiger charge is -2.16. The maximum absolute atomic E-state index is 11.1. The van der Waals surface area contributed by atoms with E-state index in [1.807, 2.05) is 26.0 Å². The SMILES string of the molecule is CC1(C)Oc2c(CS(=O)(=O)Cl)cccc2S1. The number of hydrogen-bond acceptors (Lipinski definition) is 4. The predicted octanol–water partition coefficient (Wildman–Crippen LogP) is 2.98. The molecular weight excluding hydrogens is 268 g/mol. The second-order valence-electron chi connectivity index (χ2n) is 4.03. The monoisotopic (exact) mass is 278 g/mol. The zero-order chi connectivity index (χ0) is 12.0. The number of thioether (sulfide) groups is 1. The van der Waals surface area contributed by atoms with Crippen molar-refractivity contribution in [3.05, 3.63) is 23.8 Å². The van der Waals surface area contributed by atoms with Crippen molar-refractivity contribution in [2.45, 2.75) is 29.4 Å². The second-order valence-corrected chi connectivity index (χ2v) is 8.44. The molecule has 0 unspecified atom stereocenters. The minimum atomic E-state index is -3.55. The van der Waals surface area contributed by atoms with Crippen molar-refractivity contribution < 1.29 is 13.2 Å². The fourth-order valence-corrected chi connectivity index (χ4v) is 3.61. The lowest BCUT2D eigenvalue weighted by molar-refractivity contribution is 0.213. The van der Waals surface area contributed by atoms with Crippen molar-refractivity contribution in [2.24, 2.45) is 0 Å². The Morgan fingerprint density at radius 3 is 2.75 bits per heavy atom. The van der Waals surface area contributed by atoms with Crippen LogP contribution in [0.5, 0.6) is 5.75 Å². The van der Waals surface area contributed by atoms with E-state index in [2.05, 4.69) is 0 Å². The van der Waals surface area contributed by atoms with E-state index in [1.54, 1.807) is 17.8 Å². The summed E-state index contributed by atoms with van der Waals surface area (Å²) in [6, 6.07) is 5.45. The van der Waals surface area contributed by atoms with Crippen molar-refractivity contribution in [3.8, 4) is 5.75 Å². The summed E-state index contributed by atoms with van der Waals surface area (Å²) in [6.07, 6.45) is 0. The number of ether oxygens (including phenoxy) is 1. The first-order valence-electron chi connectivity index (χ1n) is 4.69. The molecule has 1 aromatic rings. The van der Waals surface area contributed by atoms with E-state index >= 15 is 0 Å². The van der Waals surface area contributed by atoms with Gasteiger partial charge in [-0.05, 0) is 19.9 Å². The van der Waals surface area contributed by atoms with Gasteiger partial charge in [0.2, 0.25) is 9.05 Å². The Labute approximate surface area is 104 Å². The highest BCUT2D eigenvalue weighted by Gasteiger charge is 2.33. The first-order valence-corrected chi connectivity index (χ1v) is 7.99. The topological polar surface area (TPSA) is 43.4 Å². The highest BCUT2D eigenvalue weighted by molar-refractivity contribution is 8.13. The molecule has 0 fully saturated rings. The van der Waals surface area contributed by atoms with Crippen molar-refractivity contribution in [3.63, 3.8) is 0 Å². The first-order chi connectivity index (χ1) is 7.27. The molecule has 0 aromatic heterocycles. The summed E-state index contributed by atoms with van der Waals surface area (Å²) in [6.45, 7) is 3.88. The van der Waals surface area contributed by atoms with Crippen LogP contribution in [0.15, 0.2) is 23.1 Å². The lowest BCUT2D eigenvalue weighted by Crippen LogP contribution is -2.18. The number of rotatable bonds is 2. The van der Waals surface area contributed by atoms with Crippen molar-refractivity contribution >= 4 is 31.5 Å². The van der Waals surface area contributed by atoms with Gasteiger partial charge in [0, 0.05) is 16.2 Å². The molecule has 1 aliphatic heterocycles. The molecule has 0 spiro atoms. The van der Waals surface area contributed by atoms with Gasteiger partial charge < -0.3 is 4.74 Å². The van der Waals surface area contributed by atoms with Crippen LogP contribution in [0, 0.1) is 0 Å². The third-order valence-electron chi connectivity index (χ3n) is 2.09. The molecule has 6 heteroatoms. The number of fused-ring (bicyclic) bond motifs is 1. The van der Waals surface area contributed by atoms with Crippen molar-refractivity contribution in [1.29, 1.82) is 0 Å². The van der Waals surface area contributed by atoms with Gasteiger partial charge in [0.15, 0.2) is 4.93 Å². The third kappa shape index (κ3) is 2.64. The third-order valence-corrected chi connectivity index (χ3v) is 4.19. The Hall–Kier alpha value is -0.390. The van der Waals surface area contributed by atoms with Crippen LogP contribution in [0.2, 0.25) is 0 Å². The normalized spacial score (nSPS) is 17.9. The molecule has 0 bridgehead atoms. The highest BCUT2D eigenvalue weighted by Crippen LogP contribution is 2.48. The summed E-state index contributed by atoms with van der Waals surface area (Å²) in [5.41, 5.74) is 0.616. The van der Waals surface area contributed by atoms with Crippen LogP contribution in [0.25, 0.3) is 0 Å². The molecule has 0 atom stereocenters. The minimum Gasteiger partial charge on any atom is -0.475 e. The summed E-state index contributed by atoms with van der Waals surface area (Å²) in [4.78, 5) is 0.608. The van der Waals surface area contributed by atoms with E-state index in [0.29, 0.717) is 11.3 Å². The number of halogens is 1. The van der Waals surface area contributed by atoms with E-state index in [-0.39, 0.29) is 10.7 Å². The van der Waals surface area contributed by atoms with Gasteiger partial charge >= 0.3 is 0 Å². The maximum Gasteiger partial charge on any atom is 0.236 e. The van der Waals surface area contributed by atoms with Crippen LogP contribution in [0.1, 0.15) is 19.4 Å². The van der Waals surface area contributed by atoms with E-state index in [0.717, 1.165) is 4.90 Å². The van der Waals surface area contributed by atoms with Crippen LogP contribution < -0.4 is 4.74 Å². The fraction of sp³-hybridized carbons (Fsp3) is 0.400. The molecule has 0 N–H and O–H groups in total. The molecule has 88 valence electrons. The van der Waals surface area contributed by atoms with Gasteiger partial charge in [0.1, 0.15) is 5.75 Å². The van der Waals surface area contributed by atoms with E-state index < -0.39 is 9.05 Å². The molecule has 0 saturated heterocycles. The van der Waals surface area contributed by atoms with Gasteiger partial charge in [-0.1, -0.05) is 23.9 Å². The Bertz CT molecular complexity index is 523. The average Bonchev–Trinajstić information content (AvgIpc) is 2.37. The second kappa shape index (κ2) is 3.82. The fourth-order valence-electron chi connectivity index (χ4n) is 1.59. The van der Waals surface area contributed by atoms with E-state index in [9.17, 15) is 8.42 Å². The molecule has 1 heterocycles. The molecule has 3 nitrogen and oxygen atoms in total. The van der Waals surface area contributed by atoms with Crippen molar-refractivity contribution in [1.82, 2.24) is 0 Å². The van der Waals surface area contributed by atoms with Crippen LogP contribution in [0.3, 0.4) is 0 Å². The van der Waals surface area contributed by atoms with Gasteiger partial charge in [-0.25, -0.2) is 8.42 Å². The predicted molar refractivity (Wildman–Crippen MR) is 65.5 cm³/mol. The van der Waals surface area contributed by atoms with Crippen LogP contribution >= 0.6 is 22.4 Å². The molecular formula is C10H11ClO3S2. The van der Waals surface area contributed by atoms with E-state index in [4.69, 9.17) is 15.4 Å². The number of benzene rings is 1. The molecule has 0 amide bonds. The summed E-state index contributed by atoms with van der Waals surface area (Å²) in [5.74, 6) is 0.440. The average molecular weight is 279 g/mol. The number of para-hydroxylation sites is 1. The molecule has 0 saturated carbocycles. The van der Waals surface area contributed by atoms with Crippen LogP contribution in [0.4, 0.5) is 0 Å². The lowest BCUT2D eigenvalue weighted by atomic mass is 10.2. The number of hydrogen-bond donors (Lipinski definition) is 0. The maximum atomic E-state index is 11.1. The minimum absolute atomic E-state index is 0.200. The Balaban J connectivity index is 2.41. The molecule has 1 aliphatic rings. The Kier molecular flexibility index (Phi) is 2.88. The van der Waals surface area contributed by atoms with Crippen LogP contribution in [-0.2, 0) is 14.8 Å². The van der Waals surface area contributed by atoms with Gasteiger partial charge in [-0.15, -0.1) is 0 Å². The Morgan fingerprint density at radius 1 is 1.44 bits per heavy atom. The molecule has 16 heavy (non-hydrogen) atoms. The standard InChI is InChI=1S/C10H11ClO3S2/c1-10(2)14-9-7(6-16(11,12)13)4-3-5-8(9)15-10/h3-5H,6H2,1-2H3. The molecule has 2 rings (SSSR count). The summed E-state index contributed by atoms with van der Waals surface area (Å²) >= 11 is 1.57. The summed E-state index contributed by atoms with van der Waals surface area (Å²) in [5, 5.41) is 0. The molecule has 0 aliphatic carbocycles. The quantitative estimate of drug-likeness (QED) is 0.780. The Morgan fingerprint density at radius 2 is 2.12 bits per heavy atom. The van der Waals surface area contributed by atoms with Crippen molar-refractivity contribution in [2.75, 3.05) is 0 Å². The highest BCUT2D eigenvalue weighted by atomic mass is 35.7. The van der Waals surface area contributed by atoms with E-state index in [1.165, 1.54) is 0 Å².